The van der Waals surface area contributed by atoms with Crippen LogP contribution < -0.4 is 0 Å². The highest BCUT2D eigenvalue weighted by Gasteiger charge is 2.17. The van der Waals surface area contributed by atoms with Gasteiger partial charge in [-0.3, -0.25) is 0 Å². The Labute approximate surface area is 121 Å². The van der Waals surface area contributed by atoms with Crippen LogP contribution in [0.5, 0.6) is 0 Å². The maximum absolute atomic E-state index is 11.1. The second kappa shape index (κ2) is 11.5. The molecule has 116 valence electrons. The van der Waals surface area contributed by atoms with Gasteiger partial charge in [-0.2, -0.15) is 0 Å². The molecule has 4 heteroatoms. The molecule has 0 aromatic carbocycles. The predicted molar refractivity (Wildman–Crippen MR) is 79.8 cm³/mol. The topological polar surface area (TPSA) is 74.6 Å². The van der Waals surface area contributed by atoms with Crippen molar-refractivity contribution in [3.8, 4) is 0 Å². The van der Waals surface area contributed by atoms with Gasteiger partial charge in [-0.1, -0.05) is 58.8 Å². The van der Waals surface area contributed by atoms with Gasteiger partial charge < -0.3 is 10.2 Å². The van der Waals surface area contributed by atoms with Crippen LogP contribution in [0.4, 0.5) is 0 Å². The SMILES string of the molecule is CCCCCCCCCCC(C(=O)O)=C(CC)C(=O)O. The Morgan fingerprint density at radius 1 is 0.700 bits per heavy atom. The van der Waals surface area contributed by atoms with E-state index >= 15 is 0 Å². The lowest BCUT2D eigenvalue weighted by atomic mass is 9.99. The summed E-state index contributed by atoms with van der Waals surface area (Å²) in [4.78, 5) is 22.1. The van der Waals surface area contributed by atoms with Gasteiger partial charge in [0.05, 0.1) is 0 Å². The molecule has 0 amide bonds. The van der Waals surface area contributed by atoms with Gasteiger partial charge >= 0.3 is 11.9 Å². The van der Waals surface area contributed by atoms with Gasteiger partial charge in [0.15, 0.2) is 0 Å². The normalized spacial score (nSPS) is 12.1. The minimum Gasteiger partial charge on any atom is -0.478 e. The van der Waals surface area contributed by atoms with Crippen molar-refractivity contribution in [2.45, 2.75) is 78.1 Å². The van der Waals surface area contributed by atoms with E-state index in [0.717, 1.165) is 19.3 Å². The third-order valence-electron chi connectivity index (χ3n) is 3.51. The van der Waals surface area contributed by atoms with E-state index in [9.17, 15) is 9.59 Å². The monoisotopic (exact) mass is 284 g/mol. The summed E-state index contributed by atoms with van der Waals surface area (Å²) in [6.45, 7) is 3.87. The molecule has 0 rings (SSSR count). The van der Waals surface area contributed by atoms with Gasteiger partial charge in [0.1, 0.15) is 0 Å². The van der Waals surface area contributed by atoms with Crippen molar-refractivity contribution in [3.05, 3.63) is 11.1 Å². The molecule has 0 saturated heterocycles. The number of carboxylic acid groups (broad SMARTS) is 2. The fraction of sp³-hybridized carbons (Fsp3) is 0.750. The molecule has 0 aliphatic carbocycles. The van der Waals surface area contributed by atoms with Gasteiger partial charge in [0.25, 0.3) is 0 Å². The Bertz CT molecular complexity index is 331. The quantitative estimate of drug-likeness (QED) is 0.411. The maximum atomic E-state index is 11.1. The fourth-order valence-electron chi connectivity index (χ4n) is 2.32. The van der Waals surface area contributed by atoms with Crippen molar-refractivity contribution in [1.29, 1.82) is 0 Å². The van der Waals surface area contributed by atoms with Crippen LogP contribution in [-0.4, -0.2) is 22.2 Å². The molecule has 0 radical (unpaired) electrons. The maximum Gasteiger partial charge on any atom is 0.332 e. The summed E-state index contributed by atoms with van der Waals surface area (Å²) in [6.07, 6.45) is 9.67. The highest BCUT2D eigenvalue weighted by atomic mass is 16.4. The largest absolute Gasteiger partial charge is 0.478 e. The van der Waals surface area contributed by atoms with Crippen molar-refractivity contribution in [1.82, 2.24) is 0 Å². The van der Waals surface area contributed by atoms with Crippen molar-refractivity contribution in [2.75, 3.05) is 0 Å². The van der Waals surface area contributed by atoms with Gasteiger partial charge in [0, 0.05) is 11.1 Å². The van der Waals surface area contributed by atoms with Crippen LogP contribution in [0.25, 0.3) is 0 Å². The minimum absolute atomic E-state index is 0.0421. The van der Waals surface area contributed by atoms with Gasteiger partial charge in [0.2, 0.25) is 0 Å². The van der Waals surface area contributed by atoms with Crippen molar-refractivity contribution in [2.24, 2.45) is 0 Å². The van der Waals surface area contributed by atoms with Crippen LogP contribution in [0.1, 0.15) is 78.1 Å². The zero-order valence-electron chi connectivity index (χ0n) is 12.8. The molecule has 0 aliphatic heterocycles. The third-order valence-corrected chi connectivity index (χ3v) is 3.51. The number of rotatable bonds is 12. The third kappa shape index (κ3) is 7.97. The van der Waals surface area contributed by atoms with E-state index in [1.807, 2.05) is 0 Å². The van der Waals surface area contributed by atoms with E-state index < -0.39 is 11.9 Å². The fourth-order valence-corrected chi connectivity index (χ4v) is 2.32. The van der Waals surface area contributed by atoms with E-state index in [0.29, 0.717) is 6.42 Å². The average Bonchev–Trinajstić information content (AvgIpc) is 2.39. The van der Waals surface area contributed by atoms with E-state index in [2.05, 4.69) is 6.92 Å². The molecule has 0 aliphatic rings. The molecule has 4 nitrogen and oxygen atoms in total. The first kappa shape index (κ1) is 18.7. The molecule has 0 unspecified atom stereocenters. The molecule has 0 aromatic heterocycles. The van der Waals surface area contributed by atoms with Crippen LogP contribution in [0.15, 0.2) is 11.1 Å². The Balaban J connectivity index is 4.06. The molecule has 0 heterocycles. The summed E-state index contributed by atoms with van der Waals surface area (Å²) in [7, 11) is 0. The number of hydrogen-bond donors (Lipinski definition) is 2. The molecule has 0 aromatic rings. The Morgan fingerprint density at radius 3 is 1.55 bits per heavy atom. The summed E-state index contributed by atoms with van der Waals surface area (Å²) >= 11 is 0. The number of aliphatic carboxylic acids is 2. The second-order valence-corrected chi connectivity index (χ2v) is 5.15. The highest BCUT2D eigenvalue weighted by Crippen LogP contribution is 2.18. The molecule has 0 atom stereocenters. The Morgan fingerprint density at radius 2 is 1.15 bits per heavy atom. The molecule has 0 fully saturated rings. The summed E-state index contributed by atoms with van der Waals surface area (Å²) in [6, 6.07) is 0. The molecule has 0 bridgehead atoms. The standard InChI is InChI=1S/C16H28O4/c1-3-5-6-7-8-9-10-11-12-14(16(19)20)13(4-2)15(17)18/h3-12H2,1-2H3,(H,17,18)(H,19,20). The van der Waals surface area contributed by atoms with Gasteiger partial charge in [-0.25, -0.2) is 9.59 Å². The molecular formula is C16H28O4. The van der Waals surface area contributed by atoms with Crippen molar-refractivity contribution < 1.29 is 19.8 Å². The molecule has 0 saturated carbocycles. The Hall–Kier alpha value is -1.32. The molecule has 2 N–H and O–H groups in total. The highest BCUT2D eigenvalue weighted by molar-refractivity contribution is 5.98. The van der Waals surface area contributed by atoms with E-state index in [-0.39, 0.29) is 17.6 Å². The number of hydrogen-bond acceptors (Lipinski definition) is 2. The van der Waals surface area contributed by atoms with Gasteiger partial charge in [-0.05, 0) is 19.3 Å². The van der Waals surface area contributed by atoms with E-state index in [1.54, 1.807) is 6.92 Å². The first-order valence-corrected chi connectivity index (χ1v) is 7.73. The second-order valence-electron chi connectivity index (χ2n) is 5.15. The summed E-state index contributed by atoms with van der Waals surface area (Å²) in [5.41, 5.74) is 0.117. The zero-order chi connectivity index (χ0) is 15.4. The van der Waals surface area contributed by atoms with Crippen molar-refractivity contribution in [3.63, 3.8) is 0 Å². The van der Waals surface area contributed by atoms with E-state index in [1.165, 1.54) is 32.1 Å². The number of carbonyl (C=O) groups is 2. The van der Waals surface area contributed by atoms with Crippen LogP contribution in [0.3, 0.4) is 0 Å². The van der Waals surface area contributed by atoms with Gasteiger partial charge in [-0.15, -0.1) is 0 Å². The first-order valence-electron chi connectivity index (χ1n) is 7.73. The lowest BCUT2D eigenvalue weighted by Gasteiger charge is -2.07. The molecule has 0 spiro atoms. The van der Waals surface area contributed by atoms with Crippen LogP contribution in [0.2, 0.25) is 0 Å². The smallest absolute Gasteiger partial charge is 0.332 e. The number of unbranched alkanes of at least 4 members (excludes halogenated alkanes) is 7. The Kier molecular flexibility index (Phi) is 10.7. The van der Waals surface area contributed by atoms with E-state index in [4.69, 9.17) is 10.2 Å². The lowest BCUT2D eigenvalue weighted by molar-refractivity contribution is -0.136. The van der Waals surface area contributed by atoms with Crippen LogP contribution in [0, 0.1) is 0 Å². The number of carboxylic acids is 2. The van der Waals surface area contributed by atoms with Crippen LogP contribution in [-0.2, 0) is 9.59 Å². The summed E-state index contributed by atoms with van der Waals surface area (Å²) in [5.74, 6) is -2.20. The first-order chi connectivity index (χ1) is 9.54. The minimum atomic E-state index is -1.11. The lowest BCUT2D eigenvalue weighted by Crippen LogP contribution is -2.11. The van der Waals surface area contributed by atoms with Crippen molar-refractivity contribution >= 4 is 11.9 Å². The average molecular weight is 284 g/mol. The molecular weight excluding hydrogens is 256 g/mol. The summed E-state index contributed by atoms with van der Waals surface area (Å²) in [5, 5.41) is 18.1. The molecule has 20 heavy (non-hydrogen) atoms. The van der Waals surface area contributed by atoms with Crippen LogP contribution >= 0.6 is 0 Å². The zero-order valence-corrected chi connectivity index (χ0v) is 12.8. The predicted octanol–water partition coefficient (Wildman–Crippen LogP) is 4.39. The summed E-state index contributed by atoms with van der Waals surface area (Å²) < 4.78 is 0.